The number of hydrogen-bond acceptors (Lipinski definition) is 4. The Morgan fingerprint density at radius 3 is 2.36 bits per heavy atom. The molecule has 0 spiro atoms. The number of aryl methyl sites for hydroxylation is 1. The summed E-state index contributed by atoms with van der Waals surface area (Å²) >= 11 is 0. The van der Waals surface area contributed by atoms with Crippen LogP contribution in [0, 0.1) is 12.8 Å². The summed E-state index contributed by atoms with van der Waals surface area (Å²) < 4.78 is 26.8. The molecule has 0 unspecified atom stereocenters. The molecule has 2 heterocycles. The quantitative estimate of drug-likeness (QED) is 0.579. The van der Waals surface area contributed by atoms with Crippen LogP contribution in [0.3, 0.4) is 0 Å². The van der Waals surface area contributed by atoms with Crippen molar-refractivity contribution in [2.75, 3.05) is 25.9 Å². The van der Waals surface area contributed by atoms with E-state index < -0.39 is 10.0 Å². The van der Waals surface area contributed by atoms with Crippen molar-refractivity contribution in [3.63, 3.8) is 0 Å². The van der Waals surface area contributed by atoms with E-state index in [1.165, 1.54) is 10.6 Å². The summed E-state index contributed by atoms with van der Waals surface area (Å²) in [5.41, 5.74) is 4.37. The number of sulfonamides is 1. The summed E-state index contributed by atoms with van der Waals surface area (Å²) in [7, 11) is -3.15. The van der Waals surface area contributed by atoms with Crippen LogP contribution >= 0.6 is 0 Å². The van der Waals surface area contributed by atoms with Crippen LogP contribution in [0.5, 0.6) is 0 Å². The van der Waals surface area contributed by atoms with E-state index in [2.05, 4.69) is 5.32 Å². The van der Waals surface area contributed by atoms with Gasteiger partial charge < -0.3 is 5.32 Å². The van der Waals surface area contributed by atoms with Gasteiger partial charge >= 0.3 is 0 Å². The molecule has 0 radical (unpaired) electrons. The van der Waals surface area contributed by atoms with Crippen molar-refractivity contribution in [3.8, 4) is 11.3 Å². The van der Waals surface area contributed by atoms with Crippen molar-refractivity contribution in [1.82, 2.24) is 19.4 Å². The molecule has 0 aliphatic carbocycles. The summed E-state index contributed by atoms with van der Waals surface area (Å²) in [4.78, 5) is 13.2. The maximum absolute atomic E-state index is 13.2. The van der Waals surface area contributed by atoms with Gasteiger partial charge in [-0.15, -0.1) is 0 Å². The minimum atomic E-state index is -3.15. The Labute approximate surface area is 195 Å². The molecule has 4 rings (SSSR count). The predicted octanol–water partition coefficient (Wildman–Crippen LogP) is 3.31. The highest BCUT2D eigenvalue weighted by atomic mass is 32.2. The second kappa shape index (κ2) is 9.89. The van der Waals surface area contributed by atoms with Crippen LogP contribution in [0.4, 0.5) is 0 Å². The number of piperidine rings is 1. The van der Waals surface area contributed by atoms with E-state index in [-0.39, 0.29) is 11.8 Å². The number of hydrogen-bond donors (Lipinski definition) is 1. The molecule has 3 aromatic rings. The van der Waals surface area contributed by atoms with Crippen LogP contribution in [0.15, 0.2) is 60.8 Å². The Bertz CT molecular complexity index is 1200. The van der Waals surface area contributed by atoms with Crippen molar-refractivity contribution in [1.29, 1.82) is 0 Å². The first-order chi connectivity index (χ1) is 15.8. The number of benzene rings is 2. The predicted molar refractivity (Wildman–Crippen MR) is 129 cm³/mol. The number of nitrogens with zero attached hydrogens (tertiary/aromatic N) is 3. The van der Waals surface area contributed by atoms with Crippen LogP contribution < -0.4 is 5.32 Å². The van der Waals surface area contributed by atoms with E-state index in [1.54, 1.807) is 0 Å². The van der Waals surface area contributed by atoms with Gasteiger partial charge in [-0.05, 0) is 31.2 Å². The van der Waals surface area contributed by atoms with E-state index in [1.807, 2.05) is 72.4 Å². The number of carbonyl (C=O) groups is 1. The molecule has 1 N–H and O–H groups in total. The monoisotopic (exact) mass is 466 g/mol. The maximum atomic E-state index is 13.2. The average Bonchev–Trinajstić information content (AvgIpc) is 3.22. The van der Waals surface area contributed by atoms with Crippen molar-refractivity contribution >= 4 is 15.9 Å². The minimum absolute atomic E-state index is 0.157. The fourth-order valence-corrected chi connectivity index (χ4v) is 5.02. The summed E-state index contributed by atoms with van der Waals surface area (Å²) in [5, 5.41) is 7.80. The van der Waals surface area contributed by atoms with Crippen molar-refractivity contribution in [3.05, 3.63) is 77.5 Å². The number of amides is 1. The highest BCUT2D eigenvalue weighted by Crippen LogP contribution is 2.24. The molecule has 1 aliphatic rings. The van der Waals surface area contributed by atoms with Gasteiger partial charge in [0.25, 0.3) is 5.91 Å². The molecule has 1 saturated heterocycles. The molecular formula is C25H30N4O3S. The first-order valence-corrected chi connectivity index (χ1v) is 13.1. The lowest BCUT2D eigenvalue weighted by Gasteiger charge is -2.30. The molecular weight excluding hydrogens is 436 g/mol. The topological polar surface area (TPSA) is 84.3 Å². The standard InChI is InChI=1S/C25H30N4O3S/c1-19-8-10-22(11-9-19)24-23(18-28(27-24)17-21-6-4-3-5-7-21)25(30)26-16-20-12-14-29(15-13-20)33(2,31)32/h3-11,18,20H,12-17H2,1-2H3,(H,26,30). The molecule has 174 valence electrons. The van der Waals surface area contributed by atoms with Crippen LogP contribution in [-0.2, 0) is 16.6 Å². The fourth-order valence-electron chi connectivity index (χ4n) is 4.14. The van der Waals surface area contributed by atoms with Gasteiger partial charge in [-0.1, -0.05) is 60.2 Å². The van der Waals surface area contributed by atoms with E-state index in [0.29, 0.717) is 37.4 Å². The Hall–Kier alpha value is -2.97. The third-order valence-electron chi connectivity index (χ3n) is 6.11. The van der Waals surface area contributed by atoms with Crippen molar-refractivity contribution < 1.29 is 13.2 Å². The second-order valence-corrected chi connectivity index (χ2v) is 10.7. The first-order valence-electron chi connectivity index (χ1n) is 11.2. The van der Waals surface area contributed by atoms with Gasteiger partial charge in [0.1, 0.15) is 5.69 Å². The van der Waals surface area contributed by atoms with E-state index in [0.717, 1.165) is 29.5 Å². The molecule has 2 aromatic carbocycles. The highest BCUT2D eigenvalue weighted by Gasteiger charge is 2.26. The minimum Gasteiger partial charge on any atom is -0.352 e. The lowest BCUT2D eigenvalue weighted by atomic mass is 9.98. The fraction of sp³-hybridized carbons (Fsp3) is 0.360. The number of nitrogens with one attached hydrogen (secondary N) is 1. The Morgan fingerprint density at radius 2 is 1.73 bits per heavy atom. The van der Waals surface area contributed by atoms with Crippen LogP contribution in [0.25, 0.3) is 11.3 Å². The summed E-state index contributed by atoms with van der Waals surface area (Å²) in [5.74, 6) is 0.101. The summed E-state index contributed by atoms with van der Waals surface area (Å²) in [6, 6.07) is 18.0. The molecule has 1 aromatic heterocycles. The number of rotatable bonds is 7. The largest absolute Gasteiger partial charge is 0.352 e. The number of carbonyl (C=O) groups excluding carboxylic acids is 1. The molecule has 33 heavy (non-hydrogen) atoms. The van der Waals surface area contributed by atoms with E-state index in [4.69, 9.17) is 5.10 Å². The smallest absolute Gasteiger partial charge is 0.255 e. The normalized spacial score (nSPS) is 15.5. The van der Waals surface area contributed by atoms with Crippen LogP contribution in [-0.4, -0.2) is 54.3 Å². The molecule has 1 fully saturated rings. The van der Waals surface area contributed by atoms with E-state index in [9.17, 15) is 13.2 Å². The lowest BCUT2D eigenvalue weighted by Crippen LogP contribution is -2.41. The van der Waals surface area contributed by atoms with Gasteiger partial charge in [0.2, 0.25) is 10.0 Å². The zero-order valence-corrected chi connectivity index (χ0v) is 19.9. The van der Waals surface area contributed by atoms with Gasteiger partial charge in [0.15, 0.2) is 0 Å². The third kappa shape index (κ3) is 5.89. The SMILES string of the molecule is Cc1ccc(-c2nn(Cc3ccccc3)cc2C(=O)NCC2CCN(S(C)(=O)=O)CC2)cc1. The maximum Gasteiger partial charge on any atom is 0.255 e. The van der Waals surface area contributed by atoms with E-state index >= 15 is 0 Å². The summed E-state index contributed by atoms with van der Waals surface area (Å²) in [6.45, 7) is 4.14. The molecule has 1 amide bonds. The first kappa shape index (κ1) is 23.2. The Morgan fingerprint density at radius 1 is 1.06 bits per heavy atom. The third-order valence-corrected chi connectivity index (χ3v) is 7.42. The Kier molecular flexibility index (Phi) is 6.95. The van der Waals surface area contributed by atoms with Gasteiger partial charge in [-0.25, -0.2) is 12.7 Å². The highest BCUT2D eigenvalue weighted by molar-refractivity contribution is 7.88. The molecule has 0 atom stereocenters. The molecule has 1 aliphatic heterocycles. The van der Waals surface area contributed by atoms with Crippen molar-refractivity contribution in [2.45, 2.75) is 26.3 Å². The van der Waals surface area contributed by atoms with Gasteiger partial charge in [-0.2, -0.15) is 5.10 Å². The van der Waals surface area contributed by atoms with Gasteiger partial charge in [0.05, 0.1) is 18.4 Å². The zero-order valence-electron chi connectivity index (χ0n) is 19.1. The molecule has 8 heteroatoms. The van der Waals surface area contributed by atoms with Crippen molar-refractivity contribution in [2.24, 2.45) is 5.92 Å². The molecule has 0 bridgehead atoms. The number of aromatic nitrogens is 2. The lowest BCUT2D eigenvalue weighted by molar-refractivity contribution is 0.0942. The van der Waals surface area contributed by atoms with Gasteiger partial charge in [0, 0.05) is 31.4 Å². The second-order valence-electron chi connectivity index (χ2n) is 8.76. The average molecular weight is 467 g/mol. The van der Waals surface area contributed by atoms with Crippen LogP contribution in [0.2, 0.25) is 0 Å². The Balaban J connectivity index is 1.49. The molecule has 0 saturated carbocycles. The zero-order chi connectivity index (χ0) is 23.4. The molecule has 7 nitrogen and oxygen atoms in total. The van der Waals surface area contributed by atoms with Crippen LogP contribution in [0.1, 0.15) is 34.3 Å². The summed E-state index contributed by atoms with van der Waals surface area (Å²) in [6.07, 6.45) is 4.54. The van der Waals surface area contributed by atoms with Gasteiger partial charge in [-0.3, -0.25) is 9.48 Å².